The number of benzene rings is 2. The molecule has 0 radical (unpaired) electrons. The Balaban J connectivity index is 2.19. The van der Waals surface area contributed by atoms with E-state index in [-0.39, 0.29) is 5.82 Å². The van der Waals surface area contributed by atoms with Crippen LogP contribution < -0.4 is 9.47 Å². The van der Waals surface area contributed by atoms with Crippen molar-refractivity contribution in [2.45, 2.75) is 12.3 Å². The Hall–Kier alpha value is -1.55. The highest BCUT2D eigenvalue weighted by Crippen LogP contribution is 2.29. The van der Waals surface area contributed by atoms with E-state index < -0.39 is 0 Å². The van der Waals surface area contributed by atoms with E-state index in [9.17, 15) is 4.39 Å². The molecule has 0 unspecified atom stereocenters. The fraction of sp³-hybridized carbons (Fsp3) is 0.200. The van der Waals surface area contributed by atoms with Crippen molar-refractivity contribution in [1.29, 1.82) is 0 Å². The van der Waals surface area contributed by atoms with Crippen LogP contribution in [-0.2, 0) is 5.33 Å². The maximum absolute atomic E-state index is 13.6. The van der Waals surface area contributed by atoms with Crippen molar-refractivity contribution in [3.63, 3.8) is 0 Å². The second-order valence-corrected chi connectivity index (χ2v) is 4.42. The molecule has 0 heterocycles. The third kappa shape index (κ3) is 3.47. The van der Waals surface area contributed by atoms with Gasteiger partial charge in [-0.15, -0.1) is 0 Å². The number of hydrogen-bond donors (Lipinski definition) is 0. The molecular weight excluding hydrogens is 311 g/mol. The standard InChI is InChI=1S/C15H14BrFO2/c1-2-18-11-6-8-12(9-7-11)19-15-5-3-4-14(17)13(15)10-16/h3-9H,2,10H2,1H3. The molecule has 0 aliphatic heterocycles. The summed E-state index contributed by atoms with van der Waals surface area (Å²) in [6, 6.07) is 12.0. The molecule has 0 bridgehead atoms. The van der Waals surface area contributed by atoms with Crippen molar-refractivity contribution in [1.82, 2.24) is 0 Å². The van der Waals surface area contributed by atoms with Crippen LogP contribution in [-0.4, -0.2) is 6.61 Å². The quantitative estimate of drug-likeness (QED) is 0.727. The zero-order valence-electron chi connectivity index (χ0n) is 10.5. The first-order valence-electron chi connectivity index (χ1n) is 5.98. The van der Waals surface area contributed by atoms with E-state index in [2.05, 4.69) is 15.9 Å². The Morgan fingerprint density at radius 1 is 1.05 bits per heavy atom. The summed E-state index contributed by atoms with van der Waals surface area (Å²) in [6.07, 6.45) is 0. The smallest absolute Gasteiger partial charge is 0.134 e. The van der Waals surface area contributed by atoms with Crippen LogP contribution in [0.5, 0.6) is 17.2 Å². The van der Waals surface area contributed by atoms with Gasteiger partial charge in [0.2, 0.25) is 0 Å². The Labute approximate surface area is 120 Å². The van der Waals surface area contributed by atoms with E-state index in [4.69, 9.17) is 9.47 Å². The third-order valence-corrected chi connectivity index (χ3v) is 3.13. The van der Waals surface area contributed by atoms with Crippen LogP contribution in [0.2, 0.25) is 0 Å². The van der Waals surface area contributed by atoms with Crippen molar-refractivity contribution < 1.29 is 13.9 Å². The van der Waals surface area contributed by atoms with Gasteiger partial charge in [-0.1, -0.05) is 22.0 Å². The topological polar surface area (TPSA) is 18.5 Å². The predicted molar refractivity (Wildman–Crippen MR) is 76.7 cm³/mol. The summed E-state index contributed by atoms with van der Waals surface area (Å²) in [7, 11) is 0. The minimum Gasteiger partial charge on any atom is -0.494 e. The Morgan fingerprint density at radius 2 is 1.74 bits per heavy atom. The summed E-state index contributed by atoms with van der Waals surface area (Å²) >= 11 is 3.26. The maximum atomic E-state index is 13.6. The third-order valence-electron chi connectivity index (χ3n) is 2.57. The highest BCUT2D eigenvalue weighted by molar-refractivity contribution is 9.08. The van der Waals surface area contributed by atoms with Crippen molar-refractivity contribution in [2.24, 2.45) is 0 Å². The SMILES string of the molecule is CCOc1ccc(Oc2cccc(F)c2CBr)cc1. The molecule has 2 nitrogen and oxygen atoms in total. The average Bonchev–Trinajstić information content (AvgIpc) is 2.42. The van der Waals surface area contributed by atoms with Crippen LogP contribution in [0, 0.1) is 5.82 Å². The highest BCUT2D eigenvalue weighted by Gasteiger charge is 2.09. The Kier molecular flexibility index (Phi) is 4.80. The van der Waals surface area contributed by atoms with Gasteiger partial charge in [-0.2, -0.15) is 0 Å². The first-order valence-corrected chi connectivity index (χ1v) is 7.10. The van der Waals surface area contributed by atoms with Gasteiger partial charge in [0, 0.05) is 10.9 Å². The zero-order valence-corrected chi connectivity index (χ0v) is 12.1. The van der Waals surface area contributed by atoms with E-state index in [0.29, 0.717) is 29.0 Å². The molecule has 0 spiro atoms. The molecule has 0 saturated heterocycles. The molecule has 0 aromatic heterocycles. The fourth-order valence-corrected chi connectivity index (χ4v) is 2.21. The minimum atomic E-state index is -0.277. The molecule has 0 fully saturated rings. The van der Waals surface area contributed by atoms with E-state index >= 15 is 0 Å². The molecule has 0 saturated carbocycles. The molecule has 0 amide bonds. The van der Waals surface area contributed by atoms with Gasteiger partial charge in [-0.3, -0.25) is 0 Å². The van der Waals surface area contributed by atoms with Crippen LogP contribution in [0.25, 0.3) is 0 Å². The summed E-state index contributed by atoms with van der Waals surface area (Å²) in [6.45, 7) is 2.55. The summed E-state index contributed by atoms with van der Waals surface area (Å²) in [5, 5.41) is 0.409. The number of halogens is 2. The van der Waals surface area contributed by atoms with Gasteiger partial charge < -0.3 is 9.47 Å². The van der Waals surface area contributed by atoms with Gasteiger partial charge in [-0.05, 0) is 43.3 Å². The summed E-state index contributed by atoms with van der Waals surface area (Å²) in [4.78, 5) is 0. The van der Waals surface area contributed by atoms with Crippen molar-refractivity contribution in [3.8, 4) is 17.2 Å². The molecule has 19 heavy (non-hydrogen) atoms. The lowest BCUT2D eigenvalue weighted by atomic mass is 10.2. The molecule has 4 heteroatoms. The molecule has 0 atom stereocenters. The summed E-state index contributed by atoms with van der Waals surface area (Å²) in [5.74, 6) is 1.67. The van der Waals surface area contributed by atoms with Crippen LogP contribution in [0.4, 0.5) is 4.39 Å². The minimum absolute atomic E-state index is 0.277. The van der Waals surface area contributed by atoms with Gasteiger partial charge >= 0.3 is 0 Å². The van der Waals surface area contributed by atoms with Crippen molar-refractivity contribution in [2.75, 3.05) is 6.61 Å². The van der Waals surface area contributed by atoms with E-state index in [1.54, 1.807) is 24.3 Å². The van der Waals surface area contributed by atoms with E-state index in [1.807, 2.05) is 19.1 Å². The Morgan fingerprint density at radius 3 is 2.37 bits per heavy atom. The normalized spacial score (nSPS) is 10.3. The molecule has 0 aliphatic rings. The molecule has 100 valence electrons. The first kappa shape index (κ1) is 13.9. The number of rotatable bonds is 5. The van der Waals surface area contributed by atoms with Gasteiger partial charge in [0.15, 0.2) is 0 Å². The van der Waals surface area contributed by atoms with Gasteiger partial charge in [0.25, 0.3) is 0 Å². The number of alkyl halides is 1. The van der Waals surface area contributed by atoms with E-state index in [0.717, 1.165) is 5.75 Å². The molecule has 0 N–H and O–H groups in total. The molecule has 0 aliphatic carbocycles. The lowest BCUT2D eigenvalue weighted by molar-refractivity contribution is 0.339. The molecule has 2 rings (SSSR count). The van der Waals surface area contributed by atoms with Crippen LogP contribution in [0.15, 0.2) is 42.5 Å². The lowest BCUT2D eigenvalue weighted by Gasteiger charge is -2.11. The lowest BCUT2D eigenvalue weighted by Crippen LogP contribution is -1.94. The predicted octanol–water partition coefficient (Wildman–Crippen LogP) is 4.91. The van der Waals surface area contributed by atoms with Crippen molar-refractivity contribution >= 4 is 15.9 Å². The zero-order chi connectivity index (χ0) is 13.7. The number of ether oxygens (including phenoxy) is 2. The van der Waals surface area contributed by atoms with Crippen LogP contribution >= 0.6 is 15.9 Å². The summed E-state index contributed by atoms with van der Waals surface area (Å²) < 4.78 is 24.6. The maximum Gasteiger partial charge on any atom is 0.134 e. The number of hydrogen-bond acceptors (Lipinski definition) is 2. The monoisotopic (exact) mass is 324 g/mol. The largest absolute Gasteiger partial charge is 0.494 e. The average molecular weight is 325 g/mol. The second-order valence-electron chi connectivity index (χ2n) is 3.86. The van der Waals surface area contributed by atoms with E-state index in [1.165, 1.54) is 6.07 Å². The van der Waals surface area contributed by atoms with Crippen LogP contribution in [0.3, 0.4) is 0 Å². The Bertz CT molecular complexity index is 540. The molecule has 2 aromatic carbocycles. The van der Waals surface area contributed by atoms with Crippen LogP contribution in [0.1, 0.15) is 12.5 Å². The van der Waals surface area contributed by atoms with Gasteiger partial charge in [-0.25, -0.2) is 4.39 Å². The summed E-state index contributed by atoms with van der Waals surface area (Å²) in [5.41, 5.74) is 0.511. The van der Waals surface area contributed by atoms with Gasteiger partial charge in [0.05, 0.1) is 6.61 Å². The second kappa shape index (κ2) is 6.57. The fourth-order valence-electron chi connectivity index (χ4n) is 1.66. The van der Waals surface area contributed by atoms with Crippen molar-refractivity contribution in [3.05, 3.63) is 53.8 Å². The van der Waals surface area contributed by atoms with Gasteiger partial charge in [0.1, 0.15) is 23.1 Å². The highest BCUT2D eigenvalue weighted by atomic mass is 79.9. The molecular formula is C15H14BrFO2. The molecule has 2 aromatic rings. The first-order chi connectivity index (χ1) is 9.24.